The Morgan fingerprint density at radius 2 is 1.90 bits per heavy atom. The normalized spacial score (nSPS) is 19.0. The molecule has 2 N–H and O–H groups in total. The molecule has 1 aromatic carbocycles. The fourth-order valence-corrected chi connectivity index (χ4v) is 4.09. The summed E-state index contributed by atoms with van der Waals surface area (Å²) in [4.78, 5) is 29.4. The molecule has 1 unspecified atom stereocenters. The first kappa shape index (κ1) is 21.3. The van der Waals surface area contributed by atoms with Crippen LogP contribution in [0.3, 0.4) is 0 Å². The molecule has 1 atom stereocenters. The molecule has 1 aromatic heterocycles. The zero-order chi connectivity index (χ0) is 21.5. The van der Waals surface area contributed by atoms with Gasteiger partial charge in [-0.15, -0.1) is 0 Å². The first-order chi connectivity index (χ1) is 15.2. The molecular weight excluding hydrogens is 394 g/mol. The summed E-state index contributed by atoms with van der Waals surface area (Å²) >= 11 is 0. The number of benzene rings is 1. The van der Waals surface area contributed by atoms with Crippen LogP contribution in [-0.4, -0.2) is 36.1 Å². The minimum Gasteiger partial charge on any atom is -0.489 e. The van der Waals surface area contributed by atoms with E-state index in [-0.39, 0.29) is 11.8 Å². The van der Waals surface area contributed by atoms with Gasteiger partial charge in [0.15, 0.2) is 11.6 Å². The highest BCUT2D eigenvalue weighted by Crippen LogP contribution is 2.27. The molecule has 2 heterocycles. The highest BCUT2D eigenvalue weighted by atomic mass is 16.5. The van der Waals surface area contributed by atoms with E-state index in [2.05, 4.69) is 15.6 Å². The van der Waals surface area contributed by atoms with Crippen LogP contribution in [0.25, 0.3) is 0 Å². The van der Waals surface area contributed by atoms with Crippen molar-refractivity contribution in [3.05, 3.63) is 48.2 Å². The van der Waals surface area contributed by atoms with Crippen molar-refractivity contribution in [2.45, 2.75) is 51.0 Å². The standard InChI is InChI=1S/C24H29N3O4/c28-23(18-9-4-10-19(15-18)26-24(29)21-12-6-14-30-21)27-22-20(11-5-13-25-22)31-16-17-7-2-1-3-8-17/h4-5,9-11,13,15,17,21H,1-3,6-8,12,14,16H2,(H,26,29)(H,25,27,28). The molecular formula is C24H29N3O4. The molecule has 31 heavy (non-hydrogen) atoms. The SMILES string of the molecule is O=C(Nc1ncccc1OCC1CCCCC1)c1cccc(NC(=O)C2CCCO2)c1. The molecule has 1 saturated heterocycles. The van der Waals surface area contributed by atoms with Crippen molar-refractivity contribution in [1.29, 1.82) is 0 Å². The zero-order valence-corrected chi connectivity index (χ0v) is 17.6. The van der Waals surface area contributed by atoms with Crippen molar-refractivity contribution in [3.63, 3.8) is 0 Å². The number of aromatic nitrogens is 1. The summed E-state index contributed by atoms with van der Waals surface area (Å²) < 4.78 is 11.4. The Labute approximate surface area is 182 Å². The molecule has 0 bridgehead atoms. The second kappa shape index (κ2) is 10.4. The lowest BCUT2D eigenvalue weighted by Gasteiger charge is -2.22. The maximum Gasteiger partial charge on any atom is 0.256 e. The van der Waals surface area contributed by atoms with E-state index in [1.807, 2.05) is 6.07 Å². The van der Waals surface area contributed by atoms with Crippen molar-refractivity contribution < 1.29 is 19.1 Å². The lowest BCUT2D eigenvalue weighted by atomic mass is 9.90. The summed E-state index contributed by atoms with van der Waals surface area (Å²) in [7, 11) is 0. The summed E-state index contributed by atoms with van der Waals surface area (Å²) in [6, 6.07) is 10.5. The van der Waals surface area contributed by atoms with Crippen molar-refractivity contribution in [1.82, 2.24) is 4.98 Å². The summed E-state index contributed by atoms with van der Waals surface area (Å²) in [5.74, 6) is 1.04. The number of carbonyl (C=O) groups is 2. The third-order valence-electron chi connectivity index (χ3n) is 5.82. The van der Waals surface area contributed by atoms with E-state index in [4.69, 9.17) is 9.47 Å². The summed E-state index contributed by atoms with van der Waals surface area (Å²) in [5, 5.41) is 5.66. The van der Waals surface area contributed by atoms with Crippen LogP contribution in [-0.2, 0) is 9.53 Å². The van der Waals surface area contributed by atoms with Gasteiger partial charge >= 0.3 is 0 Å². The Morgan fingerprint density at radius 1 is 1.03 bits per heavy atom. The molecule has 1 saturated carbocycles. The predicted octanol–water partition coefficient (Wildman–Crippen LogP) is 4.41. The van der Waals surface area contributed by atoms with Gasteiger partial charge in [0, 0.05) is 24.1 Å². The van der Waals surface area contributed by atoms with Gasteiger partial charge in [-0.3, -0.25) is 9.59 Å². The second-order valence-electron chi connectivity index (χ2n) is 8.19. The summed E-state index contributed by atoms with van der Waals surface area (Å²) in [6.45, 7) is 1.25. The van der Waals surface area contributed by atoms with E-state index >= 15 is 0 Å². The molecule has 164 valence electrons. The van der Waals surface area contributed by atoms with Crippen LogP contribution in [0.1, 0.15) is 55.3 Å². The molecule has 2 aliphatic rings. The molecule has 7 heteroatoms. The lowest BCUT2D eigenvalue weighted by Crippen LogP contribution is -2.27. The maximum atomic E-state index is 12.8. The number of amides is 2. The van der Waals surface area contributed by atoms with Crippen molar-refractivity contribution in [3.8, 4) is 5.75 Å². The third-order valence-corrected chi connectivity index (χ3v) is 5.82. The minimum atomic E-state index is -0.421. The van der Waals surface area contributed by atoms with E-state index in [0.717, 1.165) is 12.8 Å². The van der Waals surface area contributed by atoms with E-state index < -0.39 is 6.10 Å². The van der Waals surface area contributed by atoms with Crippen molar-refractivity contribution in [2.75, 3.05) is 23.8 Å². The molecule has 1 aliphatic heterocycles. The molecule has 7 nitrogen and oxygen atoms in total. The summed E-state index contributed by atoms with van der Waals surface area (Å²) in [5.41, 5.74) is 0.983. The first-order valence-electron chi connectivity index (χ1n) is 11.1. The van der Waals surface area contributed by atoms with Crippen LogP contribution in [0.5, 0.6) is 5.75 Å². The van der Waals surface area contributed by atoms with E-state index in [9.17, 15) is 9.59 Å². The smallest absolute Gasteiger partial charge is 0.256 e. The van der Waals surface area contributed by atoms with Crippen LogP contribution in [0.2, 0.25) is 0 Å². The number of ether oxygens (including phenoxy) is 2. The lowest BCUT2D eigenvalue weighted by molar-refractivity contribution is -0.124. The third kappa shape index (κ3) is 5.82. The van der Waals surface area contributed by atoms with Crippen LogP contribution in [0.15, 0.2) is 42.6 Å². The number of anilines is 2. The molecule has 1 aliphatic carbocycles. The van der Waals surface area contributed by atoms with Crippen LogP contribution in [0.4, 0.5) is 11.5 Å². The highest BCUT2D eigenvalue weighted by molar-refractivity contribution is 6.05. The Bertz CT molecular complexity index is 905. The minimum absolute atomic E-state index is 0.182. The Morgan fingerprint density at radius 3 is 2.71 bits per heavy atom. The molecule has 2 amide bonds. The van der Waals surface area contributed by atoms with Gasteiger partial charge in [-0.05, 0) is 61.9 Å². The van der Waals surface area contributed by atoms with E-state index in [0.29, 0.717) is 41.9 Å². The fraction of sp³-hybridized carbons (Fsp3) is 0.458. The topological polar surface area (TPSA) is 89.5 Å². The van der Waals surface area contributed by atoms with Crippen LogP contribution in [0, 0.1) is 5.92 Å². The Balaban J connectivity index is 1.38. The monoisotopic (exact) mass is 423 g/mol. The fourth-order valence-electron chi connectivity index (χ4n) is 4.09. The summed E-state index contributed by atoms with van der Waals surface area (Å²) in [6.07, 6.45) is 8.99. The number of hydrogen-bond acceptors (Lipinski definition) is 5. The van der Waals surface area contributed by atoms with Gasteiger partial charge < -0.3 is 20.1 Å². The Hall–Kier alpha value is -2.93. The van der Waals surface area contributed by atoms with Gasteiger partial charge in [0.2, 0.25) is 0 Å². The quantitative estimate of drug-likeness (QED) is 0.689. The number of carbonyl (C=O) groups excluding carboxylic acids is 2. The van der Waals surface area contributed by atoms with Crippen molar-refractivity contribution in [2.24, 2.45) is 5.92 Å². The Kier molecular flexibility index (Phi) is 7.14. The number of hydrogen-bond donors (Lipinski definition) is 2. The number of nitrogens with one attached hydrogen (secondary N) is 2. The van der Waals surface area contributed by atoms with Gasteiger partial charge in [-0.1, -0.05) is 25.3 Å². The molecule has 0 radical (unpaired) electrons. The molecule has 2 fully saturated rings. The average Bonchev–Trinajstić information content (AvgIpc) is 3.35. The van der Waals surface area contributed by atoms with E-state index in [1.54, 1.807) is 36.5 Å². The predicted molar refractivity (Wildman–Crippen MR) is 118 cm³/mol. The number of pyridine rings is 1. The second-order valence-corrected chi connectivity index (χ2v) is 8.19. The number of nitrogens with zero attached hydrogens (tertiary/aromatic N) is 1. The highest BCUT2D eigenvalue weighted by Gasteiger charge is 2.23. The zero-order valence-electron chi connectivity index (χ0n) is 17.6. The number of rotatable bonds is 7. The van der Waals surface area contributed by atoms with Gasteiger partial charge in [-0.2, -0.15) is 0 Å². The van der Waals surface area contributed by atoms with E-state index in [1.165, 1.54) is 32.1 Å². The largest absolute Gasteiger partial charge is 0.489 e. The van der Waals surface area contributed by atoms with Crippen LogP contribution >= 0.6 is 0 Å². The molecule has 2 aromatic rings. The molecule has 0 spiro atoms. The van der Waals surface area contributed by atoms with Gasteiger partial charge in [0.1, 0.15) is 6.10 Å². The van der Waals surface area contributed by atoms with Crippen LogP contribution < -0.4 is 15.4 Å². The van der Waals surface area contributed by atoms with Gasteiger partial charge in [0.05, 0.1) is 6.61 Å². The van der Waals surface area contributed by atoms with Gasteiger partial charge in [0.25, 0.3) is 11.8 Å². The van der Waals surface area contributed by atoms with Crippen molar-refractivity contribution >= 4 is 23.3 Å². The maximum absolute atomic E-state index is 12.8. The molecule has 4 rings (SSSR count). The first-order valence-corrected chi connectivity index (χ1v) is 11.1. The average molecular weight is 424 g/mol. The van der Waals surface area contributed by atoms with Gasteiger partial charge in [-0.25, -0.2) is 4.98 Å².